The van der Waals surface area contributed by atoms with Crippen LogP contribution in [-0.4, -0.2) is 10.5 Å². The number of carbonyl (C=O) groups excluding carboxylic acids is 1. The van der Waals surface area contributed by atoms with Gasteiger partial charge in [-0.15, -0.1) is 0 Å². The zero-order chi connectivity index (χ0) is 18.7. The topological polar surface area (TPSA) is 51.1 Å². The van der Waals surface area contributed by atoms with Gasteiger partial charge in [-0.05, 0) is 48.0 Å². The van der Waals surface area contributed by atoms with Crippen LogP contribution in [0.25, 0.3) is 0 Å². The average Bonchev–Trinajstić information content (AvgIpc) is 2.60. The van der Waals surface area contributed by atoms with Crippen molar-refractivity contribution in [1.82, 2.24) is 4.57 Å². The summed E-state index contributed by atoms with van der Waals surface area (Å²) in [6.07, 6.45) is 1.54. The third kappa shape index (κ3) is 4.12. The molecule has 0 atom stereocenters. The van der Waals surface area contributed by atoms with Crippen molar-refractivity contribution in [2.45, 2.75) is 6.54 Å². The van der Waals surface area contributed by atoms with E-state index in [1.807, 2.05) is 0 Å². The number of carbonyl (C=O) groups is 1. The minimum absolute atomic E-state index is 0.0556. The van der Waals surface area contributed by atoms with Crippen LogP contribution in [0.1, 0.15) is 15.9 Å². The molecule has 26 heavy (non-hydrogen) atoms. The van der Waals surface area contributed by atoms with Gasteiger partial charge in [0.2, 0.25) is 0 Å². The first-order valence-electron chi connectivity index (χ1n) is 7.64. The minimum atomic E-state index is -0.604. The van der Waals surface area contributed by atoms with E-state index in [-0.39, 0.29) is 17.9 Å². The Labute approximate surface area is 158 Å². The van der Waals surface area contributed by atoms with E-state index in [0.29, 0.717) is 21.3 Å². The molecule has 0 saturated carbocycles. The highest BCUT2D eigenvalue weighted by Gasteiger charge is 2.14. The number of hydrogen-bond acceptors (Lipinski definition) is 2. The zero-order valence-corrected chi connectivity index (χ0v) is 14.9. The van der Waals surface area contributed by atoms with Crippen LogP contribution in [0.4, 0.5) is 10.1 Å². The predicted octanol–water partition coefficient (Wildman–Crippen LogP) is 4.59. The van der Waals surface area contributed by atoms with E-state index in [1.165, 1.54) is 35.0 Å². The molecule has 0 aliphatic carbocycles. The van der Waals surface area contributed by atoms with Gasteiger partial charge in [0.15, 0.2) is 0 Å². The van der Waals surface area contributed by atoms with Crippen molar-refractivity contribution in [3.63, 3.8) is 0 Å². The quantitative estimate of drug-likeness (QED) is 0.707. The monoisotopic (exact) mass is 390 g/mol. The standard InChI is InChI=1S/C19H13Cl2FN2O2/c20-13-6-7-16(21)17(10-13)23-18(25)15-5-2-8-24(19(15)26)11-12-3-1-4-14(22)9-12/h1-10H,11H2,(H,23,25). The van der Waals surface area contributed by atoms with Crippen LogP contribution in [-0.2, 0) is 6.54 Å². The number of halogens is 3. The lowest BCUT2D eigenvalue weighted by molar-refractivity contribution is 0.102. The summed E-state index contributed by atoms with van der Waals surface area (Å²) in [5.74, 6) is -0.993. The fraction of sp³-hybridized carbons (Fsp3) is 0.0526. The zero-order valence-electron chi connectivity index (χ0n) is 13.4. The Bertz CT molecular complexity index is 1030. The van der Waals surface area contributed by atoms with Crippen LogP contribution < -0.4 is 10.9 Å². The van der Waals surface area contributed by atoms with Gasteiger partial charge < -0.3 is 9.88 Å². The smallest absolute Gasteiger partial charge is 0.263 e. The molecule has 4 nitrogen and oxygen atoms in total. The number of pyridine rings is 1. The first-order valence-corrected chi connectivity index (χ1v) is 8.40. The van der Waals surface area contributed by atoms with Gasteiger partial charge in [0.1, 0.15) is 11.4 Å². The molecule has 3 rings (SSSR count). The maximum atomic E-state index is 13.3. The molecule has 3 aromatic rings. The van der Waals surface area contributed by atoms with E-state index >= 15 is 0 Å². The van der Waals surface area contributed by atoms with Crippen LogP contribution in [0.2, 0.25) is 10.0 Å². The molecular formula is C19H13Cl2FN2O2. The highest BCUT2D eigenvalue weighted by molar-refractivity contribution is 6.35. The van der Waals surface area contributed by atoms with E-state index in [9.17, 15) is 14.0 Å². The maximum Gasteiger partial charge on any atom is 0.263 e. The summed E-state index contributed by atoms with van der Waals surface area (Å²) in [5, 5.41) is 3.29. The van der Waals surface area contributed by atoms with Crippen molar-refractivity contribution in [1.29, 1.82) is 0 Å². The Hall–Kier alpha value is -2.63. The molecule has 0 fully saturated rings. The Balaban J connectivity index is 1.88. The highest BCUT2D eigenvalue weighted by atomic mass is 35.5. The number of nitrogens with one attached hydrogen (secondary N) is 1. The second-order valence-electron chi connectivity index (χ2n) is 5.56. The van der Waals surface area contributed by atoms with E-state index in [1.54, 1.807) is 30.3 Å². The van der Waals surface area contributed by atoms with Crippen molar-refractivity contribution in [3.8, 4) is 0 Å². The lowest BCUT2D eigenvalue weighted by Gasteiger charge is -2.10. The molecule has 132 valence electrons. The average molecular weight is 391 g/mol. The van der Waals surface area contributed by atoms with Crippen molar-refractivity contribution < 1.29 is 9.18 Å². The molecule has 0 spiro atoms. The van der Waals surface area contributed by atoms with Crippen LogP contribution in [0.15, 0.2) is 65.6 Å². The van der Waals surface area contributed by atoms with Crippen molar-refractivity contribution in [2.75, 3.05) is 5.32 Å². The molecule has 1 aromatic heterocycles. The molecule has 0 bridgehead atoms. The Kier molecular flexibility index (Phi) is 5.40. The Morgan fingerprint density at radius 2 is 1.88 bits per heavy atom. The number of rotatable bonds is 4. The molecule has 0 saturated heterocycles. The van der Waals surface area contributed by atoms with E-state index in [2.05, 4.69) is 5.32 Å². The van der Waals surface area contributed by atoms with Crippen molar-refractivity contribution in [3.05, 3.63) is 98.1 Å². The second-order valence-corrected chi connectivity index (χ2v) is 6.41. The fourth-order valence-electron chi connectivity index (χ4n) is 2.45. The number of benzene rings is 2. The molecule has 1 heterocycles. The first-order chi connectivity index (χ1) is 12.4. The third-order valence-corrected chi connectivity index (χ3v) is 4.25. The normalized spacial score (nSPS) is 10.6. The number of hydrogen-bond donors (Lipinski definition) is 1. The van der Waals surface area contributed by atoms with Gasteiger partial charge in [0.05, 0.1) is 17.3 Å². The Morgan fingerprint density at radius 3 is 2.65 bits per heavy atom. The van der Waals surface area contributed by atoms with Gasteiger partial charge in [-0.1, -0.05) is 35.3 Å². The molecule has 1 amide bonds. The first kappa shape index (κ1) is 18.2. The predicted molar refractivity (Wildman–Crippen MR) is 101 cm³/mol. The fourth-order valence-corrected chi connectivity index (χ4v) is 2.79. The van der Waals surface area contributed by atoms with Gasteiger partial charge in [-0.2, -0.15) is 0 Å². The van der Waals surface area contributed by atoms with Crippen LogP contribution in [0.5, 0.6) is 0 Å². The molecule has 0 radical (unpaired) electrons. The van der Waals surface area contributed by atoms with Gasteiger partial charge in [0, 0.05) is 11.2 Å². The summed E-state index contributed by atoms with van der Waals surface area (Å²) < 4.78 is 14.7. The molecular weight excluding hydrogens is 378 g/mol. The Morgan fingerprint density at radius 1 is 1.08 bits per heavy atom. The lowest BCUT2D eigenvalue weighted by Crippen LogP contribution is -2.29. The molecule has 1 N–H and O–H groups in total. The summed E-state index contributed by atoms with van der Waals surface area (Å²) in [5.41, 5.74) is 0.374. The largest absolute Gasteiger partial charge is 0.320 e. The number of aromatic nitrogens is 1. The van der Waals surface area contributed by atoms with Crippen molar-refractivity contribution >= 4 is 34.8 Å². The summed E-state index contributed by atoms with van der Waals surface area (Å²) in [6.45, 7) is 0.148. The second kappa shape index (κ2) is 7.72. The summed E-state index contributed by atoms with van der Waals surface area (Å²) in [6, 6.07) is 13.6. The summed E-state index contributed by atoms with van der Waals surface area (Å²) >= 11 is 11.9. The summed E-state index contributed by atoms with van der Waals surface area (Å²) in [7, 11) is 0. The molecule has 0 unspecified atom stereocenters. The van der Waals surface area contributed by atoms with E-state index in [4.69, 9.17) is 23.2 Å². The van der Waals surface area contributed by atoms with Gasteiger partial charge >= 0.3 is 0 Å². The number of amides is 1. The summed E-state index contributed by atoms with van der Waals surface area (Å²) in [4.78, 5) is 25.1. The molecule has 0 aliphatic rings. The molecule has 7 heteroatoms. The van der Waals surface area contributed by atoms with E-state index < -0.39 is 11.5 Å². The SMILES string of the molecule is O=C(Nc1cc(Cl)ccc1Cl)c1cccn(Cc2cccc(F)c2)c1=O. The highest BCUT2D eigenvalue weighted by Crippen LogP contribution is 2.25. The lowest BCUT2D eigenvalue weighted by atomic mass is 10.2. The van der Waals surface area contributed by atoms with Gasteiger partial charge in [-0.3, -0.25) is 9.59 Å². The van der Waals surface area contributed by atoms with Crippen molar-refractivity contribution in [2.24, 2.45) is 0 Å². The maximum absolute atomic E-state index is 13.3. The molecule has 0 aliphatic heterocycles. The van der Waals surface area contributed by atoms with Gasteiger partial charge in [-0.25, -0.2) is 4.39 Å². The van der Waals surface area contributed by atoms with Crippen LogP contribution in [0.3, 0.4) is 0 Å². The number of anilines is 1. The van der Waals surface area contributed by atoms with E-state index in [0.717, 1.165) is 0 Å². The molecule has 2 aromatic carbocycles. The van der Waals surface area contributed by atoms with Crippen LogP contribution >= 0.6 is 23.2 Å². The van der Waals surface area contributed by atoms with Gasteiger partial charge in [0.25, 0.3) is 11.5 Å². The van der Waals surface area contributed by atoms with Crippen LogP contribution in [0, 0.1) is 5.82 Å². The third-order valence-electron chi connectivity index (χ3n) is 3.68. The number of nitrogens with zero attached hydrogens (tertiary/aromatic N) is 1. The minimum Gasteiger partial charge on any atom is -0.320 e.